The number of hydrogen-bond donors (Lipinski definition) is 2. The molecule has 6 heteroatoms. The first-order valence-corrected chi connectivity index (χ1v) is 6.19. The Kier molecular flexibility index (Phi) is 5.40. The number of aliphatic hydroxyl groups is 2. The Hall–Kier alpha value is -1.11. The fourth-order valence-corrected chi connectivity index (χ4v) is 2.23. The van der Waals surface area contributed by atoms with Gasteiger partial charge in [-0.05, 0) is 17.5 Å². The molecule has 1 unspecified atom stereocenters. The summed E-state index contributed by atoms with van der Waals surface area (Å²) in [6.07, 6.45) is 0. The molecule has 0 fully saturated rings. The molecule has 0 bridgehead atoms. The first-order chi connectivity index (χ1) is 8.08. The van der Waals surface area contributed by atoms with Crippen molar-refractivity contribution in [2.75, 3.05) is 12.4 Å². The molecule has 94 valence electrons. The molecule has 0 saturated carbocycles. The Morgan fingerprint density at radius 1 is 1.47 bits per heavy atom. The van der Waals surface area contributed by atoms with E-state index >= 15 is 0 Å². The number of rotatable bonds is 6. The van der Waals surface area contributed by atoms with E-state index in [2.05, 4.69) is 0 Å². The molecule has 0 aliphatic rings. The lowest BCUT2D eigenvalue weighted by molar-refractivity contribution is -0.387. The van der Waals surface area contributed by atoms with E-state index in [1.807, 2.05) is 6.92 Å². The SMILES string of the molecule is CC(CO)CSc1ccc(CO)cc1[N+](=O)[O-]. The maximum absolute atomic E-state index is 10.9. The summed E-state index contributed by atoms with van der Waals surface area (Å²) in [7, 11) is 0. The predicted octanol–water partition coefficient (Wildman–Crippen LogP) is 1.81. The van der Waals surface area contributed by atoms with Crippen molar-refractivity contribution in [1.29, 1.82) is 0 Å². The van der Waals surface area contributed by atoms with Crippen LogP contribution in [0.2, 0.25) is 0 Å². The standard InChI is InChI=1S/C11H15NO4S/c1-8(5-13)7-17-11-3-2-9(6-14)4-10(11)12(15)16/h2-4,8,13-14H,5-7H2,1H3. The van der Waals surface area contributed by atoms with Crippen LogP contribution in [0.25, 0.3) is 0 Å². The van der Waals surface area contributed by atoms with Crippen molar-refractivity contribution in [3.8, 4) is 0 Å². The molecule has 1 atom stereocenters. The summed E-state index contributed by atoms with van der Waals surface area (Å²) >= 11 is 1.34. The number of nitro groups is 1. The van der Waals surface area contributed by atoms with E-state index in [0.29, 0.717) is 16.2 Å². The van der Waals surface area contributed by atoms with E-state index in [1.165, 1.54) is 17.8 Å². The molecule has 1 rings (SSSR count). The second-order valence-corrected chi connectivity index (χ2v) is 4.88. The van der Waals surface area contributed by atoms with Gasteiger partial charge in [-0.15, -0.1) is 11.8 Å². The number of nitrogens with zero attached hydrogens (tertiary/aromatic N) is 1. The normalized spacial score (nSPS) is 12.4. The Labute approximate surface area is 104 Å². The molecule has 0 amide bonds. The van der Waals surface area contributed by atoms with Gasteiger partial charge in [-0.2, -0.15) is 0 Å². The first kappa shape index (κ1) is 14.0. The second-order valence-electron chi connectivity index (χ2n) is 3.82. The lowest BCUT2D eigenvalue weighted by atomic mass is 10.2. The number of hydrogen-bond acceptors (Lipinski definition) is 5. The Morgan fingerprint density at radius 3 is 2.71 bits per heavy atom. The molecule has 17 heavy (non-hydrogen) atoms. The third-order valence-electron chi connectivity index (χ3n) is 2.24. The fourth-order valence-electron chi connectivity index (χ4n) is 1.21. The number of thioether (sulfide) groups is 1. The van der Waals surface area contributed by atoms with Crippen LogP contribution >= 0.6 is 11.8 Å². The van der Waals surface area contributed by atoms with Crippen LogP contribution in [-0.4, -0.2) is 27.5 Å². The topological polar surface area (TPSA) is 83.6 Å². The van der Waals surface area contributed by atoms with E-state index in [-0.39, 0.29) is 24.8 Å². The van der Waals surface area contributed by atoms with E-state index in [0.717, 1.165) is 0 Å². The van der Waals surface area contributed by atoms with Gasteiger partial charge < -0.3 is 10.2 Å². The summed E-state index contributed by atoms with van der Waals surface area (Å²) in [6, 6.07) is 4.68. The van der Waals surface area contributed by atoms with Crippen molar-refractivity contribution in [3.05, 3.63) is 33.9 Å². The van der Waals surface area contributed by atoms with Crippen LogP contribution in [0, 0.1) is 16.0 Å². The van der Waals surface area contributed by atoms with Gasteiger partial charge in [-0.3, -0.25) is 10.1 Å². The molecule has 0 aromatic heterocycles. The molecule has 0 heterocycles. The minimum Gasteiger partial charge on any atom is -0.396 e. The number of nitro benzene ring substituents is 1. The lowest BCUT2D eigenvalue weighted by Crippen LogP contribution is -2.03. The van der Waals surface area contributed by atoms with Crippen molar-refractivity contribution in [2.24, 2.45) is 5.92 Å². The molecule has 5 nitrogen and oxygen atoms in total. The van der Waals surface area contributed by atoms with Gasteiger partial charge in [0, 0.05) is 18.4 Å². The second kappa shape index (κ2) is 6.58. The molecule has 0 saturated heterocycles. The highest BCUT2D eigenvalue weighted by Crippen LogP contribution is 2.31. The molecule has 0 aliphatic carbocycles. The average Bonchev–Trinajstić information content (AvgIpc) is 2.35. The molecule has 0 aliphatic heterocycles. The summed E-state index contributed by atoms with van der Waals surface area (Å²) < 4.78 is 0. The summed E-state index contributed by atoms with van der Waals surface area (Å²) in [5.41, 5.74) is 0.531. The smallest absolute Gasteiger partial charge is 0.283 e. The van der Waals surface area contributed by atoms with Crippen molar-refractivity contribution in [2.45, 2.75) is 18.4 Å². The van der Waals surface area contributed by atoms with Crippen LogP contribution in [-0.2, 0) is 6.61 Å². The number of aliphatic hydroxyl groups excluding tert-OH is 2. The molecular formula is C11H15NO4S. The molecule has 1 aromatic carbocycles. The van der Waals surface area contributed by atoms with Gasteiger partial charge in [-0.25, -0.2) is 0 Å². The fraction of sp³-hybridized carbons (Fsp3) is 0.455. The van der Waals surface area contributed by atoms with Crippen molar-refractivity contribution in [1.82, 2.24) is 0 Å². The van der Waals surface area contributed by atoms with Gasteiger partial charge in [0.1, 0.15) is 0 Å². The Bertz CT molecular complexity index is 397. The van der Waals surface area contributed by atoms with Gasteiger partial charge in [0.25, 0.3) is 5.69 Å². The van der Waals surface area contributed by atoms with Crippen molar-refractivity contribution < 1.29 is 15.1 Å². The highest BCUT2D eigenvalue weighted by Gasteiger charge is 2.15. The maximum atomic E-state index is 10.9. The van der Waals surface area contributed by atoms with E-state index in [9.17, 15) is 10.1 Å². The van der Waals surface area contributed by atoms with Crippen molar-refractivity contribution >= 4 is 17.4 Å². The maximum Gasteiger partial charge on any atom is 0.283 e. The molecule has 0 spiro atoms. The van der Waals surface area contributed by atoms with Gasteiger partial charge in [0.15, 0.2) is 0 Å². The van der Waals surface area contributed by atoms with Gasteiger partial charge in [-0.1, -0.05) is 13.0 Å². The van der Waals surface area contributed by atoms with Crippen LogP contribution in [0.1, 0.15) is 12.5 Å². The van der Waals surface area contributed by atoms with Crippen LogP contribution in [0.3, 0.4) is 0 Å². The largest absolute Gasteiger partial charge is 0.396 e. The van der Waals surface area contributed by atoms with Gasteiger partial charge in [0.2, 0.25) is 0 Å². The monoisotopic (exact) mass is 257 g/mol. The zero-order chi connectivity index (χ0) is 12.8. The lowest BCUT2D eigenvalue weighted by Gasteiger charge is -2.08. The van der Waals surface area contributed by atoms with Crippen LogP contribution in [0.5, 0.6) is 0 Å². The third kappa shape index (κ3) is 3.99. The Balaban J connectivity index is 2.87. The molecule has 1 aromatic rings. The Morgan fingerprint density at radius 2 is 2.18 bits per heavy atom. The summed E-state index contributed by atoms with van der Waals surface area (Å²) in [5, 5.41) is 28.7. The van der Waals surface area contributed by atoms with Crippen molar-refractivity contribution in [3.63, 3.8) is 0 Å². The molecule has 0 radical (unpaired) electrons. The summed E-state index contributed by atoms with van der Waals surface area (Å²) in [5.74, 6) is 0.715. The quantitative estimate of drug-likeness (QED) is 0.461. The minimum atomic E-state index is -0.453. The zero-order valence-corrected chi connectivity index (χ0v) is 10.3. The highest BCUT2D eigenvalue weighted by molar-refractivity contribution is 7.99. The van der Waals surface area contributed by atoms with Gasteiger partial charge in [0.05, 0.1) is 16.4 Å². The van der Waals surface area contributed by atoms with Gasteiger partial charge >= 0.3 is 0 Å². The summed E-state index contributed by atoms with van der Waals surface area (Å²) in [4.78, 5) is 11.0. The van der Waals surface area contributed by atoms with Crippen LogP contribution < -0.4 is 0 Å². The van der Waals surface area contributed by atoms with E-state index < -0.39 is 4.92 Å². The highest BCUT2D eigenvalue weighted by atomic mass is 32.2. The minimum absolute atomic E-state index is 0.00619. The number of benzene rings is 1. The van der Waals surface area contributed by atoms with E-state index in [1.54, 1.807) is 12.1 Å². The molecular weight excluding hydrogens is 242 g/mol. The third-order valence-corrected chi connectivity index (χ3v) is 3.63. The first-order valence-electron chi connectivity index (χ1n) is 5.20. The zero-order valence-electron chi connectivity index (χ0n) is 9.50. The molecule has 2 N–H and O–H groups in total. The van der Waals surface area contributed by atoms with Crippen LogP contribution in [0.15, 0.2) is 23.1 Å². The summed E-state index contributed by atoms with van der Waals surface area (Å²) in [6.45, 7) is 1.73. The predicted molar refractivity (Wildman–Crippen MR) is 66.0 cm³/mol. The average molecular weight is 257 g/mol. The van der Waals surface area contributed by atoms with E-state index in [4.69, 9.17) is 10.2 Å². The van der Waals surface area contributed by atoms with Crippen LogP contribution in [0.4, 0.5) is 5.69 Å².